The van der Waals surface area contributed by atoms with E-state index in [1.807, 2.05) is 6.92 Å². The Morgan fingerprint density at radius 2 is 1.68 bits per heavy atom. The van der Waals surface area contributed by atoms with Crippen molar-refractivity contribution in [3.05, 3.63) is 63.6 Å². The Hall–Kier alpha value is -2.89. The van der Waals surface area contributed by atoms with E-state index in [0.29, 0.717) is 17.9 Å². The summed E-state index contributed by atoms with van der Waals surface area (Å²) in [6.07, 6.45) is 0.768. The second kappa shape index (κ2) is 8.28. The lowest BCUT2D eigenvalue weighted by Gasteiger charge is -2.14. The maximum absolute atomic E-state index is 12.2. The maximum atomic E-state index is 12.2. The van der Waals surface area contributed by atoms with Gasteiger partial charge >= 0.3 is 5.97 Å². The molecule has 0 spiro atoms. The molecule has 0 fully saturated rings. The summed E-state index contributed by atoms with van der Waals surface area (Å²) in [4.78, 5) is 35.4. The zero-order chi connectivity index (χ0) is 18.4. The molecule has 0 bridgehead atoms. The fraction of sp³-hybridized carbons (Fsp3) is 0.316. The number of hydrogen-bond donors (Lipinski definition) is 1. The number of aromatic nitrogens is 1. The van der Waals surface area contributed by atoms with Crippen molar-refractivity contribution in [2.45, 2.75) is 33.7 Å². The molecule has 132 valence electrons. The van der Waals surface area contributed by atoms with Crippen LogP contribution in [0.2, 0.25) is 0 Å². The van der Waals surface area contributed by atoms with Gasteiger partial charge in [0.25, 0.3) is 0 Å². The number of nitrogens with one attached hydrogen (secondary N) is 1. The van der Waals surface area contributed by atoms with Crippen LogP contribution in [0.25, 0.3) is 0 Å². The molecule has 0 aliphatic heterocycles. The summed E-state index contributed by atoms with van der Waals surface area (Å²) < 4.78 is 6.83. The monoisotopic (exact) mass is 342 g/mol. The van der Waals surface area contributed by atoms with Crippen molar-refractivity contribution in [1.29, 1.82) is 0 Å². The maximum Gasteiger partial charge on any atom is 0.338 e. The lowest BCUT2D eigenvalue weighted by Crippen LogP contribution is -2.23. The Kier molecular flexibility index (Phi) is 6.11. The first kappa shape index (κ1) is 18.4. The summed E-state index contributed by atoms with van der Waals surface area (Å²) in [5.41, 5.74) is 2.42. The van der Waals surface area contributed by atoms with Gasteiger partial charge in [-0.1, -0.05) is 6.92 Å². The van der Waals surface area contributed by atoms with Crippen LogP contribution < -0.4 is 10.7 Å². The van der Waals surface area contributed by atoms with Gasteiger partial charge in [-0.05, 0) is 44.5 Å². The van der Waals surface area contributed by atoms with E-state index in [2.05, 4.69) is 5.32 Å². The Labute approximate surface area is 146 Å². The predicted molar refractivity (Wildman–Crippen MR) is 95.8 cm³/mol. The Bertz CT molecular complexity index is 796. The van der Waals surface area contributed by atoms with Crippen LogP contribution in [0.4, 0.5) is 5.69 Å². The highest BCUT2D eigenvalue weighted by Crippen LogP contribution is 2.11. The molecule has 6 heteroatoms. The molecule has 2 rings (SSSR count). The number of aryl methyl sites for hydroxylation is 2. The molecule has 0 unspecified atom stereocenters. The van der Waals surface area contributed by atoms with E-state index in [1.54, 1.807) is 42.7 Å². The summed E-state index contributed by atoms with van der Waals surface area (Å²) in [6.45, 7) is 6.00. The minimum atomic E-state index is -0.376. The molecule has 1 aromatic carbocycles. The smallest absolute Gasteiger partial charge is 0.338 e. The Morgan fingerprint density at radius 1 is 1.08 bits per heavy atom. The van der Waals surface area contributed by atoms with Crippen molar-refractivity contribution < 1.29 is 14.3 Å². The van der Waals surface area contributed by atoms with Crippen LogP contribution >= 0.6 is 0 Å². The van der Waals surface area contributed by atoms with Crippen LogP contribution in [0.15, 0.2) is 41.2 Å². The van der Waals surface area contributed by atoms with Crippen molar-refractivity contribution in [1.82, 2.24) is 4.57 Å². The molecule has 6 nitrogen and oxygen atoms in total. The van der Waals surface area contributed by atoms with E-state index >= 15 is 0 Å². The summed E-state index contributed by atoms with van der Waals surface area (Å²) >= 11 is 0. The first-order valence-corrected chi connectivity index (χ1v) is 8.16. The Balaban J connectivity index is 2.01. The quantitative estimate of drug-likeness (QED) is 0.819. The highest BCUT2D eigenvalue weighted by Gasteiger charge is 2.09. The summed E-state index contributed by atoms with van der Waals surface area (Å²) in [7, 11) is 0. The average Bonchev–Trinajstić information content (AvgIpc) is 2.56. The van der Waals surface area contributed by atoms with Gasteiger partial charge in [0, 0.05) is 29.2 Å². The van der Waals surface area contributed by atoms with Gasteiger partial charge in [-0.2, -0.15) is 0 Å². The van der Waals surface area contributed by atoms with E-state index < -0.39 is 0 Å². The highest BCUT2D eigenvalue weighted by atomic mass is 16.5. The highest BCUT2D eigenvalue weighted by molar-refractivity contribution is 5.93. The number of esters is 1. The molecule has 1 N–H and O–H groups in total. The summed E-state index contributed by atoms with van der Waals surface area (Å²) in [5.74, 6) is -0.588. The fourth-order valence-corrected chi connectivity index (χ4v) is 2.45. The lowest BCUT2D eigenvalue weighted by molar-refractivity contribution is -0.116. The van der Waals surface area contributed by atoms with Crippen LogP contribution in [-0.2, 0) is 16.1 Å². The van der Waals surface area contributed by atoms with Gasteiger partial charge in [-0.3, -0.25) is 9.59 Å². The molecule has 1 aromatic heterocycles. The normalized spacial score (nSPS) is 10.4. The molecule has 1 amide bonds. The second-order valence-electron chi connectivity index (χ2n) is 5.82. The van der Waals surface area contributed by atoms with Crippen LogP contribution in [-0.4, -0.2) is 23.1 Å². The van der Waals surface area contributed by atoms with Crippen molar-refractivity contribution in [3.63, 3.8) is 0 Å². The molecule has 0 aliphatic rings. The third kappa shape index (κ3) is 5.04. The van der Waals surface area contributed by atoms with Gasteiger partial charge < -0.3 is 14.6 Å². The number of carbonyl (C=O) groups excluding carboxylic acids is 2. The van der Waals surface area contributed by atoms with Crippen LogP contribution in [0.1, 0.15) is 35.1 Å². The number of rotatable bonds is 6. The Morgan fingerprint density at radius 3 is 2.24 bits per heavy atom. The van der Waals surface area contributed by atoms with Gasteiger partial charge in [0.05, 0.1) is 12.2 Å². The van der Waals surface area contributed by atoms with Crippen LogP contribution in [0, 0.1) is 13.8 Å². The summed E-state index contributed by atoms with van der Waals surface area (Å²) in [5, 5.41) is 2.78. The summed E-state index contributed by atoms with van der Waals surface area (Å²) in [6, 6.07) is 9.54. The number of pyridine rings is 1. The van der Waals surface area contributed by atoms with Crippen LogP contribution in [0.3, 0.4) is 0 Å². The number of benzene rings is 1. The molecule has 0 saturated heterocycles. The second-order valence-corrected chi connectivity index (χ2v) is 5.82. The van der Waals surface area contributed by atoms with E-state index in [-0.39, 0.29) is 23.9 Å². The third-order valence-corrected chi connectivity index (χ3v) is 3.70. The van der Waals surface area contributed by atoms with E-state index in [9.17, 15) is 14.4 Å². The topological polar surface area (TPSA) is 77.4 Å². The minimum Gasteiger partial charge on any atom is -0.462 e. The number of anilines is 1. The molecule has 0 radical (unpaired) electrons. The first-order valence-electron chi connectivity index (χ1n) is 8.16. The van der Waals surface area contributed by atoms with Crippen LogP contribution in [0.5, 0.6) is 0 Å². The van der Waals surface area contributed by atoms with E-state index in [1.165, 1.54) is 12.1 Å². The van der Waals surface area contributed by atoms with Gasteiger partial charge in [0.1, 0.15) is 6.54 Å². The van der Waals surface area contributed by atoms with E-state index in [0.717, 1.165) is 17.8 Å². The molecular formula is C19H22N2O4. The largest absolute Gasteiger partial charge is 0.462 e. The molecular weight excluding hydrogens is 320 g/mol. The fourth-order valence-electron chi connectivity index (χ4n) is 2.45. The number of amides is 1. The lowest BCUT2D eigenvalue weighted by atomic mass is 10.2. The van der Waals surface area contributed by atoms with Gasteiger partial charge in [-0.15, -0.1) is 0 Å². The van der Waals surface area contributed by atoms with Crippen molar-refractivity contribution in [2.75, 3.05) is 11.9 Å². The zero-order valence-electron chi connectivity index (χ0n) is 14.7. The van der Waals surface area contributed by atoms with Crippen molar-refractivity contribution in [2.24, 2.45) is 0 Å². The van der Waals surface area contributed by atoms with Crippen molar-refractivity contribution >= 4 is 17.6 Å². The number of hydrogen-bond acceptors (Lipinski definition) is 4. The molecule has 0 aliphatic carbocycles. The zero-order valence-corrected chi connectivity index (χ0v) is 14.7. The predicted octanol–water partition coefficient (Wildman–Crippen LogP) is 2.67. The number of ether oxygens (including phenoxy) is 1. The molecule has 0 saturated carbocycles. The standard InChI is InChI=1S/C19H22N2O4/c1-4-9-25-19(24)15-5-7-16(8-6-15)20-18(23)12-21-13(2)10-17(22)11-14(21)3/h5-8,10-11H,4,9,12H2,1-3H3,(H,20,23). The number of nitrogens with zero attached hydrogens (tertiary/aromatic N) is 1. The molecule has 0 atom stereocenters. The van der Waals surface area contributed by atoms with Crippen molar-refractivity contribution in [3.8, 4) is 0 Å². The van der Waals surface area contributed by atoms with E-state index in [4.69, 9.17) is 4.74 Å². The average molecular weight is 342 g/mol. The first-order chi connectivity index (χ1) is 11.9. The molecule has 25 heavy (non-hydrogen) atoms. The molecule has 2 aromatic rings. The minimum absolute atomic E-state index is 0.0720. The number of carbonyl (C=O) groups is 2. The van der Waals surface area contributed by atoms with Gasteiger partial charge in [0.15, 0.2) is 5.43 Å². The SMILES string of the molecule is CCCOC(=O)c1ccc(NC(=O)Cn2c(C)cc(=O)cc2C)cc1. The molecule has 1 heterocycles. The third-order valence-electron chi connectivity index (χ3n) is 3.70. The van der Waals surface area contributed by atoms with Gasteiger partial charge in [0.2, 0.25) is 5.91 Å². The van der Waals surface area contributed by atoms with Gasteiger partial charge in [-0.25, -0.2) is 4.79 Å².